The number of esters is 1. The minimum atomic E-state index is -4.34. The summed E-state index contributed by atoms with van der Waals surface area (Å²) >= 11 is 3.12. The number of carbonyl (C=O) groups is 1. The number of carbonyl (C=O) groups excluding carboxylic acids is 1. The molecule has 0 aliphatic carbocycles. The zero-order chi connectivity index (χ0) is 23.3. The van der Waals surface area contributed by atoms with E-state index in [1.807, 2.05) is 44.2 Å². The number of fused-ring (bicyclic) bond motifs is 1. The molecule has 2 aromatic carbocycles. The summed E-state index contributed by atoms with van der Waals surface area (Å²) in [5.74, 6) is 0.947. The molecule has 0 fully saturated rings. The Bertz CT molecular complexity index is 1130. The number of alkyl halides is 3. The molecule has 0 N–H and O–H groups in total. The normalized spacial score (nSPS) is 11.9. The fourth-order valence-electron chi connectivity index (χ4n) is 3.09. The lowest BCUT2D eigenvalue weighted by Gasteiger charge is -2.09. The molecule has 1 heterocycles. The number of hydrogen-bond donors (Lipinski definition) is 0. The maximum atomic E-state index is 13.0. The number of halogens is 3. The number of benzene rings is 2. The minimum Gasteiger partial charge on any atom is -0.482 e. The minimum absolute atomic E-state index is 0.122. The van der Waals surface area contributed by atoms with Gasteiger partial charge in [-0.25, -0.2) is 4.79 Å². The Balaban J connectivity index is 1.61. The van der Waals surface area contributed by atoms with Gasteiger partial charge in [-0.15, -0.1) is 23.1 Å². The number of rotatable bonds is 8. The van der Waals surface area contributed by atoms with Crippen molar-refractivity contribution < 1.29 is 27.4 Å². The third kappa shape index (κ3) is 6.07. The van der Waals surface area contributed by atoms with Crippen LogP contribution in [-0.2, 0) is 15.7 Å². The summed E-state index contributed by atoms with van der Waals surface area (Å²) in [4.78, 5) is 13.4. The molecule has 3 rings (SSSR count). The second-order valence-corrected chi connectivity index (χ2v) is 9.21. The van der Waals surface area contributed by atoms with Gasteiger partial charge in [-0.2, -0.15) is 13.2 Å². The van der Waals surface area contributed by atoms with Gasteiger partial charge < -0.3 is 9.47 Å². The highest BCUT2D eigenvalue weighted by Crippen LogP contribution is 2.37. The average Bonchev–Trinajstić information content (AvgIpc) is 3.05. The van der Waals surface area contributed by atoms with E-state index >= 15 is 0 Å². The van der Waals surface area contributed by atoms with Crippen LogP contribution in [0.25, 0.3) is 16.2 Å². The highest BCUT2D eigenvalue weighted by Gasteiger charge is 2.30. The van der Waals surface area contributed by atoms with E-state index in [1.165, 1.54) is 23.5 Å². The van der Waals surface area contributed by atoms with E-state index in [0.29, 0.717) is 23.5 Å². The molecule has 0 aliphatic heterocycles. The van der Waals surface area contributed by atoms with Crippen LogP contribution in [0.4, 0.5) is 13.2 Å². The molecule has 170 valence electrons. The quantitative estimate of drug-likeness (QED) is 0.251. The maximum absolute atomic E-state index is 13.0. The maximum Gasteiger partial charge on any atom is 0.416 e. The fraction of sp³-hybridized carbons (Fsp3) is 0.292. The van der Waals surface area contributed by atoms with Gasteiger partial charge in [0, 0.05) is 20.2 Å². The van der Waals surface area contributed by atoms with Crippen molar-refractivity contribution in [2.24, 2.45) is 0 Å². The lowest BCUT2D eigenvalue weighted by atomic mass is 10.1. The van der Waals surface area contributed by atoms with E-state index in [-0.39, 0.29) is 6.61 Å². The number of hydrogen-bond acceptors (Lipinski definition) is 5. The smallest absolute Gasteiger partial charge is 0.416 e. The van der Waals surface area contributed by atoms with E-state index in [2.05, 4.69) is 0 Å². The van der Waals surface area contributed by atoms with Gasteiger partial charge in [0.05, 0.1) is 12.2 Å². The monoisotopic (exact) mass is 480 g/mol. The van der Waals surface area contributed by atoms with Crippen LogP contribution >= 0.6 is 23.1 Å². The van der Waals surface area contributed by atoms with E-state index < -0.39 is 17.7 Å². The molecule has 0 radical (unpaired) electrons. The van der Waals surface area contributed by atoms with Crippen molar-refractivity contribution in [2.45, 2.75) is 31.8 Å². The summed E-state index contributed by atoms with van der Waals surface area (Å²) in [5, 5.41) is 0.645. The van der Waals surface area contributed by atoms with Gasteiger partial charge in [-0.05, 0) is 79.8 Å². The Kier molecular flexibility index (Phi) is 7.90. The summed E-state index contributed by atoms with van der Waals surface area (Å²) in [5.41, 5.74) is 1.16. The first-order chi connectivity index (χ1) is 15.2. The third-order valence-corrected chi connectivity index (χ3v) is 6.90. The first-order valence-electron chi connectivity index (χ1n) is 9.97. The van der Waals surface area contributed by atoms with Crippen LogP contribution in [-0.4, -0.2) is 24.9 Å². The van der Waals surface area contributed by atoms with Crippen LogP contribution in [0.3, 0.4) is 0 Å². The summed E-state index contributed by atoms with van der Waals surface area (Å²) in [6.45, 7) is 5.71. The number of thiophene rings is 1. The van der Waals surface area contributed by atoms with Gasteiger partial charge in [0.2, 0.25) is 0 Å². The van der Waals surface area contributed by atoms with Crippen LogP contribution < -0.4 is 4.74 Å². The Labute approximate surface area is 193 Å². The van der Waals surface area contributed by atoms with Gasteiger partial charge in [0.25, 0.3) is 0 Å². The van der Waals surface area contributed by atoms with Gasteiger partial charge in [-0.3, -0.25) is 0 Å². The van der Waals surface area contributed by atoms with E-state index in [4.69, 9.17) is 9.47 Å². The van der Waals surface area contributed by atoms with Crippen molar-refractivity contribution in [2.75, 3.05) is 19.0 Å². The van der Waals surface area contributed by atoms with Crippen LogP contribution in [0.1, 0.15) is 28.5 Å². The topological polar surface area (TPSA) is 35.5 Å². The Morgan fingerprint density at radius 1 is 1.16 bits per heavy atom. The molecular formula is C24H23F3O3S2. The SMILES string of the molecule is CCOC(=O)COc1ccc(SCC=Cc2sc3ccc(C(F)(F)F)cc3c2C)cc1C. The highest BCUT2D eigenvalue weighted by atomic mass is 32.2. The van der Waals surface area contributed by atoms with Crippen molar-refractivity contribution in [3.8, 4) is 5.75 Å². The van der Waals surface area contributed by atoms with Gasteiger partial charge in [-0.1, -0.05) is 6.08 Å². The molecule has 0 spiro atoms. The molecule has 3 aromatic rings. The van der Waals surface area contributed by atoms with Crippen LogP contribution in [0.2, 0.25) is 0 Å². The largest absolute Gasteiger partial charge is 0.482 e. The van der Waals surface area contributed by atoms with E-state index in [0.717, 1.165) is 31.7 Å². The first kappa shape index (κ1) is 24.2. The predicted molar refractivity (Wildman–Crippen MR) is 125 cm³/mol. The van der Waals surface area contributed by atoms with E-state index in [9.17, 15) is 18.0 Å². The van der Waals surface area contributed by atoms with Gasteiger partial charge >= 0.3 is 12.1 Å². The molecule has 0 atom stereocenters. The van der Waals surface area contributed by atoms with Crippen molar-refractivity contribution in [1.29, 1.82) is 0 Å². The molecule has 8 heteroatoms. The fourth-order valence-corrected chi connectivity index (χ4v) is 5.02. The molecular weight excluding hydrogens is 457 g/mol. The summed E-state index contributed by atoms with van der Waals surface area (Å²) in [6, 6.07) is 9.63. The van der Waals surface area contributed by atoms with Crippen molar-refractivity contribution in [3.63, 3.8) is 0 Å². The number of thioether (sulfide) groups is 1. The molecule has 0 unspecified atom stereocenters. The van der Waals surface area contributed by atoms with Crippen LogP contribution in [0.5, 0.6) is 5.75 Å². The average molecular weight is 481 g/mol. The van der Waals surface area contributed by atoms with Crippen molar-refractivity contribution in [1.82, 2.24) is 0 Å². The molecule has 0 saturated heterocycles. The second kappa shape index (κ2) is 10.4. The second-order valence-electron chi connectivity index (χ2n) is 7.03. The van der Waals surface area contributed by atoms with Crippen LogP contribution in [0, 0.1) is 13.8 Å². The molecule has 0 amide bonds. The van der Waals surface area contributed by atoms with Crippen molar-refractivity contribution >= 4 is 45.2 Å². The summed E-state index contributed by atoms with van der Waals surface area (Å²) < 4.78 is 50.1. The summed E-state index contributed by atoms with van der Waals surface area (Å²) in [6.07, 6.45) is -0.371. The Morgan fingerprint density at radius 2 is 1.94 bits per heavy atom. The zero-order valence-corrected chi connectivity index (χ0v) is 19.5. The van der Waals surface area contributed by atoms with Crippen molar-refractivity contribution in [3.05, 3.63) is 64.0 Å². The predicted octanol–water partition coefficient (Wildman–Crippen LogP) is 7.28. The van der Waals surface area contributed by atoms with Gasteiger partial charge in [0.1, 0.15) is 5.75 Å². The lowest BCUT2D eigenvalue weighted by Crippen LogP contribution is -2.14. The molecule has 0 bridgehead atoms. The Morgan fingerprint density at radius 3 is 2.62 bits per heavy atom. The summed E-state index contributed by atoms with van der Waals surface area (Å²) in [7, 11) is 0. The third-order valence-electron chi connectivity index (χ3n) is 4.71. The molecule has 0 saturated carbocycles. The lowest BCUT2D eigenvalue weighted by molar-refractivity contribution is -0.145. The standard InChI is InChI=1S/C24H23F3O3S2/c1-4-29-23(28)14-30-20-9-8-18(12-15(20)2)31-11-5-6-21-16(3)19-13-17(24(25,26)27)7-10-22(19)32-21/h5-10,12-13H,4,11,14H2,1-3H3. The number of aryl methyl sites for hydroxylation is 2. The van der Waals surface area contributed by atoms with Gasteiger partial charge in [0.15, 0.2) is 6.61 Å². The molecule has 3 nitrogen and oxygen atoms in total. The zero-order valence-electron chi connectivity index (χ0n) is 17.9. The molecule has 32 heavy (non-hydrogen) atoms. The Hall–Kier alpha value is -2.45. The molecule has 0 aliphatic rings. The van der Waals surface area contributed by atoms with E-state index in [1.54, 1.807) is 18.7 Å². The first-order valence-corrected chi connectivity index (χ1v) is 11.8. The van der Waals surface area contributed by atoms with Crippen LogP contribution in [0.15, 0.2) is 47.4 Å². The number of ether oxygens (including phenoxy) is 2. The molecule has 1 aromatic heterocycles. The highest BCUT2D eigenvalue weighted by molar-refractivity contribution is 7.99.